The van der Waals surface area contributed by atoms with Gasteiger partial charge in [-0.3, -0.25) is 4.79 Å². The highest BCUT2D eigenvalue weighted by atomic mass is 79.9. The summed E-state index contributed by atoms with van der Waals surface area (Å²) in [7, 11) is 0. The van der Waals surface area contributed by atoms with Crippen LogP contribution in [0.2, 0.25) is 0 Å². The topological polar surface area (TPSA) is 59.2 Å². The van der Waals surface area contributed by atoms with Gasteiger partial charge in [0.1, 0.15) is 0 Å². The zero-order valence-electron chi connectivity index (χ0n) is 12.9. The van der Waals surface area contributed by atoms with Crippen LogP contribution in [0.15, 0.2) is 38.4 Å². The molecule has 1 aliphatic heterocycles. The third-order valence-corrected chi connectivity index (χ3v) is 5.16. The van der Waals surface area contributed by atoms with Crippen molar-refractivity contribution in [2.45, 2.75) is 25.0 Å². The van der Waals surface area contributed by atoms with Crippen molar-refractivity contribution in [3.8, 4) is 11.5 Å². The summed E-state index contributed by atoms with van der Waals surface area (Å²) in [6.07, 6.45) is 2.29. The molecule has 0 bridgehead atoms. The van der Waals surface area contributed by atoms with Crippen LogP contribution in [0.1, 0.15) is 19.8 Å². The van der Waals surface area contributed by atoms with E-state index in [0.29, 0.717) is 22.8 Å². The third-order valence-electron chi connectivity index (χ3n) is 3.83. The normalized spacial score (nSPS) is 18.2. The number of amides is 1. The van der Waals surface area contributed by atoms with E-state index in [2.05, 4.69) is 33.1 Å². The van der Waals surface area contributed by atoms with E-state index in [1.807, 2.05) is 29.2 Å². The molecule has 0 N–H and O–H groups in total. The van der Waals surface area contributed by atoms with E-state index >= 15 is 0 Å². The number of likely N-dealkylation sites (tertiary alicyclic amines) is 1. The van der Waals surface area contributed by atoms with E-state index in [9.17, 15) is 4.79 Å². The Hall–Kier alpha value is -1.34. The zero-order valence-corrected chi connectivity index (χ0v) is 15.3. The molecule has 2 heterocycles. The van der Waals surface area contributed by atoms with Gasteiger partial charge in [-0.1, -0.05) is 34.6 Å². The molecule has 0 aliphatic carbocycles. The van der Waals surface area contributed by atoms with Gasteiger partial charge in [0.2, 0.25) is 11.8 Å². The fourth-order valence-corrected chi connectivity index (χ4v) is 3.54. The first-order chi connectivity index (χ1) is 11.1. The predicted octanol–water partition coefficient (Wildman–Crippen LogP) is 3.85. The average molecular weight is 396 g/mol. The molecule has 1 atom stereocenters. The molecule has 7 heteroatoms. The van der Waals surface area contributed by atoms with Gasteiger partial charge >= 0.3 is 0 Å². The lowest BCUT2D eigenvalue weighted by atomic mass is 10.0. The fraction of sp³-hybridized carbons (Fsp3) is 0.438. The van der Waals surface area contributed by atoms with Crippen molar-refractivity contribution in [3.05, 3.63) is 28.7 Å². The lowest BCUT2D eigenvalue weighted by Gasteiger charge is -2.30. The third kappa shape index (κ3) is 4.35. The van der Waals surface area contributed by atoms with Crippen LogP contribution >= 0.6 is 27.7 Å². The quantitative estimate of drug-likeness (QED) is 0.735. The molecule has 5 nitrogen and oxygen atoms in total. The molecule has 1 saturated heterocycles. The van der Waals surface area contributed by atoms with Gasteiger partial charge in [0, 0.05) is 23.1 Å². The van der Waals surface area contributed by atoms with E-state index in [4.69, 9.17) is 4.42 Å². The molecule has 1 aliphatic rings. The number of nitrogens with zero attached hydrogens (tertiary/aromatic N) is 3. The first kappa shape index (κ1) is 16.5. The van der Waals surface area contributed by atoms with Gasteiger partial charge < -0.3 is 9.32 Å². The summed E-state index contributed by atoms with van der Waals surface area (Å²) in [5.74, 6) is 1.54. The molecular formula is C16H18BrN3O2S. The maximum atomic E-state index is 12.2. The van der Waals surface area contributed by atoms with E-state index in [-0.39, 0.29) is 5.91 Å². The number of aromatic nitrogens is 2. The molecule has 0 radical (unpaired) electrons. The van der Waals surface area contributed by atoms with E-state index in [1.54, 1.807) is 0 Å². The summed E-state index contributed by atoms with van der Waals surface area (Å²) in [6, 6.07) is 7.67. The Morgan fingerprint density at radius 1 is 1.39 bits per heavy atom. The van der Waals surface area contributed by atoms with Crippen molar-refractivity contribution in [1.29, 1.82) is 0 Å². The second-order valence-electron chi connectivity index (χ2n) is 5.76. The summed E-state index contributed by atoms with van der Waals surface area (Å²) >= 11 is 4.69. The molecule has 122 valence electrons. The van der Waals surface area contributed by atoms with Crippen molar-refractivity contribution in [2.24, 2.45) is 5.92 Å². The second kappa shape index (κ2) is 7.49. The fourth-order valence-electron chi connectivity index (χ4n) is 2.61. The maximum Gasteiger partial charge on any atom is 0.277 e. The molecule has 1 aromatic carbocycles. The number of piperidine rings is 1. The monoisotopic (exact) mass is 395 g/mol. The molecule has 0 spiro atoms. The van der Waals surface area contributed by atoms with Crippen LogP contribution in [0.4, 0.5) is 0 Å². The Bertz CT molecular complexity index is 674. The van der Waals surface area contributed by atoms with Crippen LogP contribution in [-0.2, 0) is 4.79 Å². The molecule has 1 unspecified atom stereocenters. The number of hydrogen-bond donors (Lipinski definition) is 0. The van der Waals surface area contributed by atoms with Crippen LogP contribution in [0.3, 0.4) is 0 Å². The number of thioether (sulfide) groups is 1. The van der Waals surface area contributed by atoms with E-state index < -0.39 is 0 Å². The van der Waals surface area contributed by atoms with Crippen LogP contribution in [0.5, 0.6) is 0 Å². The number of carbonyl (C=O) groups is 1. The van der Waals surface area contributed by atoms with Gasteiger partial charge in [-0.2, -0.15) is 0 Å². The SMILES string of the molecule is CC1CCCN(C(=O)CSc2nnc(-c3ccc(Br)cc3)o2)C1. The number of benzene rings is 1. The van der Waals surface area contributed by atoms with Crippen LogP contribution in [0.25, 0.3) is 11.5 Å². The van der Waals surface area contributed by atoms with Gasteiger partial charge in [0.25, 0.3) is 5.22 Å². The molecule has 1 aromatic heterocycles. The lowest BCUT2D eigenvalue weighted by molar-refractivity contribution is -0.130. The number of rotatable bonds is 4. The average Bonchev–Trinajstić information content (AvgIpc) is 3.02. The van der Waals surface area contributed by atoms with Gasteiger partial charge in [0.05, 0.1) is 5.75 Å². The van der Waals surface area contributed by atoms with Gasteiger partial charge in [0.15, 0.2) is 0 Å². The van der Waals surface area contributed by atoms with E-state index in [0.717, 1.165) is 29.5 Å². The molecular weight excluding hydrogens is 378 g/mol. The summed E-state index contributed by atoms with van der Waals surface area (Å²) in [4.78, 5) is 14.2. The predicted molar refractivity (Wildman–Crippen MR) is 93.1 cm³/mol. The minimum Gasteiger partial charge on any atom is -0.411 e. The molecule has 3 rings (SSSR count). The molecule has 2 aromatic rings. The van der Waals surface area contributed by atoms with Crippen molar-refractivity contribution < 1.29 is 9.21 Å². The van der Waals surface area contributed by atoms with Gasteiger partial charge in [-0.25, -0.2) is 0 Å². The van der Waals surface area contributed by atoms with Crippen molar-refractivity contribution in [2.75, 3.05) is 18.8 Å². The van der Waals surface area contributed by atoms with Crippen molar-refractivity contribution in [3.63, 3.8) is 0 Å². The number of carbonyl (C=O) groups excluding carboxylic acids is 1. The summed E-state index contributed by atoms with van der Waals surface area (Å²) in [5.41, 5.74) is 0.865. The van der Waals surface area contributed by atoms with Gasteiger partial charge in [-0.15, -0.1) is 10.2 Å². The summed E-state index contributed by atoms with van der Waals surface area (Å²) < 4.78 is 6.62. The highest BCUT2D eigenvalue weighted by molar-refractivity contribution is 9.10. The van der Waals surface area contributed by atoms with Crippen LogP contribution < -0.4 is 0 Å². The van der Waals surface area contributed by atoms with Crippen LogP contribution in [-0.4, -0.2) is 39.8 Å². The van der Waals surface area contributed by atoms with E-state index in [1.165, 1.54) is 18.2 Å². The molecule has 1 fully saturated rings. The molecule has 23 heavy (non-hydrogen) atoms. The Labute approximate surface area is 148 Å². The Morgan fingerprint density at radius 2 is 2.17 bits per heavy atom. The standard InChI is InChI=1S/C16H18BrN3O2S/c1-11-3-2-8-20(9-11)14(21)10-23-16-19-18-15(22-16)12-4-6-13(17)7-5-12/h4-7,11H,2-3,8-10H2,1H3. The first-order valence-corrected chi connectivity index (χ1v) is 9.39. The second-order valence-corrected chi connectivity index (χ2v) is 7.60. The van der Waals surface area contributed by atoms with Gasteiger partial charge in [-0.05, 0) is 43.0 Å². The first-order valence-electron chi connectivity index (χ1n) is 7.62. The minimum absolute atomic E-state index is 0.143. The van der Waals surface area contributed by atoms with Crippen molar-refractivity contribution >= 4 is 33.6 Å². The molecule has 1 amide bonds. The minimum atomic E-state index is 0.143. The largest absolute Gasteiger partial charge is 0.411 e. The Kier molecular flexibility index (Phi) is 5.38. The smallest absolute Gasteiger partial charge is 0.277 e. The number of hydrogen-bond acceptors (Lipinski definition) is 5. The highest BCUT2D eigenvalue weighted by Crippen LogP contribution is 2.25. The Morgan fingerprint density at radius 3 is 2.91 bits per heavy atom. The maximum absolute atomic E-state index is 12.2. The Balaban J connectivity index is 1.56. The molecule has 0 saturated carbocycles. The zero-order chi connectivity index (χ0) is 16.2. The van der Waals surface area contributed by atoms with Crippen LogP contribution in [0, 0.1) is 5.92 Å². The number of halogens is 1. The summed E-state index contributed by atoms with van der Waals surface area (Å²) in [6.45, 7) is 3.90. The lowest BCUT2D eigenvalue weighted by Crippen LogP contribution is -2.40. The summed E-state index contributed by atoms with van der Waals surface area (Å²) in [5, 5.41) is 8.48. The van der Waals surface area contributed by atoms with Crippen molar-refractivity contribution in [1.82, 2.24) is 15.1 Å². The highest BCUT2D eigenvalue weighted by Gasteiger charge is 2.21.